The van der Waals surface area contributed by atoms with E-state index in [4.69, 9.17) is 19.3 Å². The van der Waals surface area contributed by atoms with Crippen molar-refractivity contribution in [2.24, 2.45) is 11.8 Å². The molecular weight excluding hydrogens is 273 g/mol. The molecule has 0 radical (unpaired) electrons. The number of carbonyl (C=O) groups excluding carboxylic acids is 1. The van der Waals surface area contributed by atoms with Crippen molar-refractivity contribution in [3.8, 4) is 0 Å². The number of carboxylic acids is 1. The zero-order chi connectivity index (χ0) is 14.5. The maximum atomic E-state index is 13.3. The van der Waals surface area contributed by atoms with Crippen LogP contribution in [0, 0.1) is 11.8 Å². The molecule has 8 heteroatoms. The van der Waals surface area contributed by atoms with Crippen LogP contribution < -0.4 is 5.32 Å². The minimum Gasteiger partial charge on any atom is -0.478 e. The van der Waals surface area contributed by atoms with Gasteiger partial charge in [0.05, 0.1) is 23.9 Å². The molecule has 1 amide bonds. The number of aliphatic carboxylic acids is 1. The van der Waals surface area contributed by atoms with Crippen molar-refractivity contribution < 1.29 is 33.3 Å². The third-order valence-electron chi connectivity index (χ3n) is 4.22. The number of epoxide rings is 1. The highest BCUT2D eigenvalue weighted by Gasteiger charge is 2.73. The summed E-state index contributed by atoms with van der Waals surface area (Å²) in [5.74, 6) is -2.20. The molecule has 20 heavy (non-hydrogen) atoms. The number of carbonyl (C=O) groups is 2. The Morgan fingerprint density at radius 3 is 3.00 bits per heavy atom. The van der Waals surface area contributed by atoms with Crippen LogP contribution in [-0.4, -0.2) is 48.9 Å². The van der Waals surface area contributed by atoms with Crippen molar-refractivity contribution in [2.45, 2.75) is 24.4 Å². The first-order valence-corrected chi connectivity index (χ1v) is 6.24. The summed E-state index contributed by atoms with van der Waals surface area (Å²) in [6, 6.07) is 0. The van der Waals surface area contributed by atoms with Crippen molar-refractivity contribution in [1.82, 2.24) is 5.32 Å². The Morgan fingerprint density at radius 1 is 1.65 bits per heavy atom. The Kier molecular flexibility index (Phi) is 2.86. The van der Waals surface area contributed by atoms with E-state index in [1.807, 2.05) is 0 Å². The number of alkyl halides is 1. The second kappa shape index (κ2) is 4.34. The first kappa shape index (κ1) is 13.2. The highest BCUT2D eigenvalue weighted by Crippen LogP contribution is 2.61. The molecule has 0 bridgehead atoms. The van der Waals surface area contributed by atoms with E-state index in [2.05, 4.69) is 5.32 Å². The Balaban J connectivity index is 1.89. The van der Waals surface area contributed by atoms with E-state index in [-0.39, 0.29) is 11.7 Å². The molecule has 7 nitrogen and oxygen atoms in total. The largest absolute Gasteiger partial charge is 0.478 e. The minimum atomic E-state index is -1.12. The fourth-order valence-corrected chi connectivity index (χ4v) is 3.22. The van der Waals surface area contributed by atoms with Gasteiger partial charge >= 0.3 is 12.1 Å². The predicted octanol–water partition coefficient (Wildman–Crippen LogP) is 0.410. The predicted molar refractivity (Wildman–Crippen MR) is 61.3 cm³/mol. The van der Waals surface area contributed by atoms with Crippen molar-refractivity contribution in [1.29, 1.82) is 0 Å². The minimum absolute atomic E-state index is 0.0652. The Labute approximate surface area is 113 Å². The zero-order valence-electron chi connectivity index (χ0n) is 10.7. The summed E-state index contributed by atoms with van der Waals surface area (Å²) in [6.07, 6.45) is -0.648. The number of nitrogens with one attached hydrogen (secondary N) is 1. The summed E-state index contributed by atoms with van der Waals surface area (Å²) in [5, 5.41) is 11.4. The van der Waals surface area contributed by atoms with Crippen LogP contribution in [0.15, 0.2) is 11.8 Å². The number of hydrogen-bond acceptors (Lipinski definition) is 5. The van der Waals surface area contributed by atoms with Gasteiger partial charge in [-0.3, -0.25) is 0 Å². The smallest absolute Gasteiger partial charge is 0.409 e. The fourth-order valence-electron chi connectivity index (χ4n) is 3.22. The average molecular weight is 287 g/mol. The molecule has 0 aromatic heterocycles. The van der Waals surface area contributed by atoms with Crippen molar-refractivity contribution >= 4 is 12.1 Å². The highest BCUT2D eigenvalue weighted by atomic mass is 19.1. The van der Waals surface area contributed by atoms with E-state index in [0.717, 1.165) is 6.26 Å². The summed E-state index contributed by atoms with van der Waals surface area (Å²) in [7, 11) is 1.39. The molecule has 2 fully saturated rings. The second-order valence-corrected chi connectivity index (χ2v) is 5.10. The lowest BCUT2D eigenvalue weighted by Gasteiger charge is -2.35. The van der Waals surface area contributed by atoms with Crippen LogP contribution in [0.1, 0.15) is 6.42 Å². The van der Waals surface area contributed by atoms with Gasteiger partial charge in [-0.15, -0.1) is 0 Å². The summed E-state index contributed by atoms with van der Waals surface area (Å²) in [6.45, 7) is -0.761. The topological polar surface area (TPSA) is 97.4 Å². The Morgan fingerprint density at radius 2 is 2.40 bits per heavy atom. The number of hydrogen-bond donors (Lipinski definition) is 2. The van der Waals surface area contributed by atoms with Gasteiger partial charge in [-0.2, -0.15) is 0 Å². The standard InChI is InChI=1S/C12H14FNO6/c1-14-11(17)19-10-8-5(6(3-18-10)9(15)16)2-7-12(8,4-13)20-7/h3,5,7-8,10H,2,4H2,1H3,(H,14,17)(H,15,16). The summed E-state index contributed by atoms with van der Waals surface area (Å²) in [5.41, 5.74) is -1.02. The fraction of sp³-hybridized carbons (Fsp3) is 0.667. The Hall–Kier alpha value is -1.83. The molecule has 2 heterocycles. The van der Waals surface area contributed by atoms with Crippen LogP contribution >= 0.6 is 0 Å². The normalized spacial score (nSPS) is 40.8. The number of carboxylic acid groups (broad SMARTS) is 1. The maximum absolute atomic E-state index is 13.3. The lowest BCUT2D eigenvalue weighted by atomic mass is 9.82. The van der Waals surface area contributed by atoms with Gasteiger partial charge in [0.25, 0.3) is 6.29 Å². The molecule has 1 saturated heterocycles. The van der Waals surface area contributed by atoms with Crippen LogP contribution in [0.3, 0.4) is 0 Å². The van der Waals surface area contributed by atoms with E-state index < -0.39 is 42.5 Å². The van der Waals surface area contributed by atoms with Gasteiger partial charge in [-0.25, -0.2) is 14.0 Å². The van der Waals surface area contributed by atoms with Crippen LogP contribution in [0.2, 0.25) is 0 Å². The maximum Gasteiger partial charge on any atom is 0.409 e. The second-order valence-electron chi connectivity index (χ2n) is 5.10. The van der Waals surface area contributed by atoms with Crippen LogP contribution in [0.25, 0.3) is 0 Å². The molecule has 0 aromatic rings. The Bertz CT molecular complexity index is 490. The van der Waals surface area contributed by atoms with Crippen molar-refractivity contribution in [3.63, 3.8) is 0 Å². The van der Waals surface area contributed by atoms with Crippen LogP contribution in [0.4, 0.5) is 9.18 Å². The SMILES string of the molecule is CNC(=O)OC1OC=C(C(=O)O)C2CC3OC3(CF)C12. The molecule has 1 saturated carbocycles. The van der Waals surface area contributed by atoms with Crippen LogP contribution in [-0.2, 0) is 19.0 Å². The average Bonchev–Trinajstić information content (AvgIpc) is 3.04. The van der Waals surface area contributed by atoms with Gasteiger partial charge in [0, 0.05) is 13.0 Å². The molecule has 3 aliphatic rings. The van der Waals surface area contributed by atoms with E-state index >= 15 is 0 Å². The van der Waals surface area contributed by atoms with E-state index in [9.17, 15) is 14.0 Å². The molecule has 0 aromatic carbocycles. The molecule has 5 atom stereocenters. The first-order chi connectivity index (χ1) is 9.53. The quantitative estimate of drug-likeness (QED) is 0.730. The molecule has 1 aliphatic carbocycles. The van der Waals surface area contributed by atoms with Gasteiger partial charge in [-0.1, -0.05) is 0 Å². The molecular formula is C12H14FNO6. The number of rotatable bonds is 3. The summed E-state index contributed by atoms with van der Waals surface area (Å²) < 4.78 is 28.9. The van der Waals surface area contributed by atoms with Gasteiger partial charge in [0.1, 0.15) is 12.3 Å². The zero-order valence-corrected chi connectivity index (χ0v) is 10.7. The molecule has 110 valence electrons. The highest BCUT2D eigenvalue weighted by molar-refractivity contribution is 5.87. The number of ether oxygens (including phenoxy) is 3. The lowest BCUT2D eigenvalue weighted by molar-refractivity contribution is -0.150. The number of amides is 1. The van der Waals surface area contributed by atoms with Gasteiger partial charge in [0.2, 0.25) is 0 Å². The molecule has 5 unspecified atom stereocenters. The van der Waals surface area contributed by atoms with Crippen molar-refractivity contribution in [3.05, 3.63) is 11.8 Å². The van der Waals surface area contributed by atoms with Crippen LogP contribution in [0.5, 0.6) is 0 Å². The molecule has 0 spiro atoms. The number of alkyl carbamates (subject to hydrolysis) is 1. The molecule has 2 aliphatic heterocycles. The third kappa shape index (κ3) is 1.67. The first-order valence-electron chi connectivity index (χ1n) is 6.24. The van der Waals surface area contributed by atoms with E-state index in [0.29, 0.717) is 6.42 Å². The van der Waals surface area contributed by atoms with Crippen molar-refractivity contribution in [2.75, 3.05) is 13.7 Å². The third-order valence-corrected chi connectivity index (χ3v) is 4.22. The van der Waals surface area contributed by atoms with Gasteiger partial charge in [-0.05, 0) is 6.42 Å². The molecule has 3 rings (SSSR count). The summed E-state index contributed by atoms with van der Waals surface area (Å²) >= 11 is 0. The van der Waals surface area contributed by atoms with Gasteiger partial charge in [0.15, 0.2) is 0 Å². The van der Waals surface area contributed by atoms with Gasteiger partial charge < -0.3 is 24.6 Å². The lowest BCUT2D eigenvalue weighted by Crippen LogP contribution is -2.46. The molecule has 2 N–H and O–H groups in total. The number of halogens is 1. The van der Waals surface area contributed by atoms with E-state index in [1.165, 1.54) is 7.05 Å². The number of fused-ring (bicyclic) bond motifs is 3. The van der Waals surface area contributed by atoms with E-state index in [1.54, 1.807) is 0 Å². The summed E-state index contributed by atoms with van der Waals surface area (Å²) in [4.78, 5) is 22.5. The monoisotopic (exact) mass is 287 g/mol.